The highest BCUT2D eigenvalue weighted by molar-refractivity contribution is 5.97. The average Bonchev–Trinajstić information content (AvgIpc) is 2.80. The van der Waals surface area contributed by atoms with Crippen molar-refractivity contribution in [3.8, 4) is 11.5 Å². The lowest BCUT2D eigenvalue weighted by molar-refractivity contribution is -0.139. The highest BCUT2D eigenvalue weighted by atomic mass is 16.5. The molecule has 182 valence electrons. The molecule has 33 heavy (non-hydrogen) atoms. The molecule has 1 aliphatic heterocycles. The number of aliphatic imine (C=N–C) groups is 1. The summed E-state index contributed by atoms with van der Waals surface area (Å²) < 4.78 is 5.56. The van der Waals surface area contributed by atoms with Crippen LogP contribution < -0.4 is 31.3 Å². The lowest BCUT2D eigenvalue weighted by atomic mass is 10.1. The Kier molecular flexibility index (Phi) is 10.6. The summed E-state index contributed by atoms with van der Waals surface area (Å²) in [6, 6.07) is 2.26. The molecule has 12 nitrogen and oxygen atoms in total. The zero-order valence-electron chi connectivity index (χ0n) is 18.6. The van der Waals surface area contributed by atoms with Crippen molar-refractivity contribution in [3.63, 3.8) is 0 Å². The van der Waals surface area contributed by atoms with Crippen molar-refractivity contribution >= 4 is 23.9 Å². The first-order valence-electron chi connectivity index (χ1n) is 10.9. The van der Waals surface area contributed by atoms with E-state index in [4.69, 9.17) is 4.74 Å². The third kappa shape index (κ3) is 9.13. The van der Waals surface area contributed by atoms with Gasteiger partial charge in [-0.1, -0.05) is 13.3 Å². The molecule has 0 unspecified atom stereocenters. The number of carboxylic acid groups (broad SMARTS) is 1. The van der Waals surface area contributed by atoms with Crippen molar-refractivity contribution in [1.29, 1.82) is 0 Å². The first kappa shape index (κ1) is 25.6. The van der Waals surface area contributed by atoms with Gasteiger partial charge in [0.25, 0.3) is 5.91 Å². The molecule has 0 spiro atoms. The summed E-state index contributed by atoms with van der Waals surface area (Å²) in [4.78, 5) is 39.8. The molecular weight excluding hydrogens is 432 g/mol. The van der Waals surface area contributed by atoms with Crippen molar-refractivity contribution in [1.82, 2.24) is 26.6 Å². The molecule has 1 aliphatic rings. The van der Waals surface area contributed by atoms with Crippen LogP contribution in [0.2, 0.25) is 0 Å². The second kappa shape index (κ2) is 13.7. The summed E-state index contributed by atoms with van der Waals surface area (Å²) in [6.07, 6.45) is 2.66. The number of nitrogens with one attached hydrogen (secondary N) is 5. The van der Waals surface area contributed by atoms with Crippen molar-refractivity contribution in [2.24, 2.45) is 4.99 Å². The molecule has 0 fully saturated rings. The number of carbonyl (C=O) groups is 3. The quantitative estimate of drug-likeness (QED) is 0.212. The maximum Gasteiger partial charge on any atom is 0.328 e. The molecule has 2 rings (SSSR count). The molecule has 7 N–H and O–H groups in total. The van der Waals surface area contributed by atoms with E-state index in [1.807, 2.05) is 6.92 Å². The summed E-state index contributed by atoms with van der Waals surface area (Å²) in [5.41, 5.74) is -0.0437. The number of unbranched alkanes of at least 4 members (excludes halogenated alkanes) is 1. The number of hydrogen-bond donors (Lipinski definition) is 7. The Hall–Kier alpha value is -3.70. The molecular formula is C21H32N6O6. The Labute approximate surface area is 192 Å². The number of carbonyl (C=O) groups excluding carboxylic acids is 2. The monoisotopic (exact) mass is 464 g/mol. The van der Waals surface area contributed by atoms with Gasteiger partial charge in [-0.25, -0.2) is 9.59 Å². The van der Waals surface area contributed by atoms with E-state index in [1.165, 1.54) is 18.2 Å². The van der Waals surface area contributed by atoms with Gasteiger partial charge in [-0.3, -0.25) is 9.79 Å². The largest absolute Gasteiger partial charge is 0.507 e. The zero-order valence-corrected chi connectivity index (χ0v) is 18.6. The number of phenolic OH excluding ortho intramolecular Hbond substituents is 1. The van der Waals surface area contributed by atoms with Gasteiger partial charge in [-0.05, 0) is 25.0 Å². The van der Waals surface area contributed by atoms with Gasteiger partial charge in [0.15, 0.2) is 5.96 Å². The van der Waals surface area contributed by atoms with Crippen LogP contribution in [0.5, 0.6) is 11.5 Å². The number of aliphatic carboxylic acids is 1. The number of ether oxygens (including phenoxy) is 1. The van der Waals surface area contributed by atoms with Crippen molar-refractivity contribution in [3.05, 3.63) is 23.8 Å². The van der Waals surface area contributed by atoms with Gasteiger partial charge in [0, 0.05) is 32.2 Å². The fourth-order valence-corrected chi connectivity index (χ4v) is 2.86. The van der Waals surface area contributed by atoms with Crippen molar-refractivity contribution in [2.45, 2.75) is 32.2 Å². The van der Waals surface area contributed by atoms with Gasteiger partial charge >= 0.3 is 12.0 Å². The third-order valence-electron chi connectivity index (χ3n) is 4.66. The molecule has 1 heterocycles. The number of aromatic hydroxyl groups is 1. The standard InChI is InChI=1S/C21H32N6O6/c1-2-3-7-25-21(32)27-16(19(30)31)13-26-18(29)15-6-5-14(12-17(15)28)33-11-10-24-20-22-8-4-9-23-20/h5-6,12,16,28H,2-4,7-11,13H2,1H3,(H,26,29)(H,30,31)(H2,22,23,24)(H2,25,27,32)/t16-/m0/s1. The maximum atomic E-state index is 12.4. The highest BCUT2D eigenvalue weighted by Gasteiger charge is 2.22. The molecule has 1 aromatic carbocycles. The first-order valence-corrected chi connectivity index (χ1v) is 10.9. The molecule has 1 atom stereocenters. The van der Waals surface area contributed by atoms with E-state index in [2.05, 4.69) is 31.6 Å². The second-order valence-corrected chi connectivity index (χ2v) is 7.32. The molecule has 12 heteroatoms. The summed E-state index contributed by atoms with van der Waals surface area (Å²) in [5, 5.41) is 32.9. The summed E-state index contributed by atoms with van der Waals surface area (Å²) in [7, 11) is 0. The molecule has 1 aromatic rings. The van der Waals surface area contributed by atoms with Gasteiger partial charge in [-0.15, -0.1) is 0 Å². The van der Waals surface area contributed by atoms with Crippen LogP contribution in [0.4, 0.5) is 4.79 Å². The minimum Gasteiger partial charge on any atom is -0.507 e. The predicted molar refractivity (Wildman–Crippen MR) is 122 cm³/mol. The Balaban J connectivity index is 1.80. The Morgan fingerprint density at radius 3 is 2.73 bits per heavy atom. The number of benzene rings is 1. The van der Waals surface area contributed by atoms with E-state index in [9.17, 15) is 24.6 Å². The molecule has 0 bridgehead atoms. The highest BCUT2D eigenvalue weighted by Crippen LogP contribution is 2.23. The van der Waals surface area contributed by atoms with Crippen LogP contribution in [0.3, 0.4) is 0 Å². The normalized spacial score (nSPS) is 13.7. The van der Waals surface area contributed by atoms with Crippen LogP contribution in [-0.4, -0.2) is 79.5 Å². The van der Waals surface area contributed by atoms with Crippen LogP contribution >= 0.6 is 0 Å². The van der Waals surface area contributed by atoms with Gasteiger partial charge in [-0.2, -0.15) is 0 Å². The first-order chi connectivity index (χ1) is 15.9. The fourth-order valence-electron chi connectivity index (χ4n) is 2.86. The number of phenols is 1. The topological polar surface area (TPSA) is 173 Å². The van der Waals surface area contributed by atoms with Crippen LogP contribution in [0.25, 0.3) is 0 Å². The predicted octanol–water partition coefficient (Wildman–Crippen LogP) is -0.00780. The molecule has 0 radical (unpaired) electrons. The van der Waals surface area contributed by atoms with E-state index in [0.717, 1.165) is 38.3 Å². The van der Waals surface area contributed by atoms with Gasteiger partial charge in [0.2, 0.25) is 0 Å². The van der Waals surface area contributed by atoms with Crippen LogP contribution in [0.15, 0.2) is 23.2 Å². The van der Waals surface area contributed by atoms with E-state index < -0.39 is 23.9 Å². The number of rotatable bonds is 12. The Morgan fingerprint density at radius 2 is 2.06 bits per heavy atom. The van der Waals surface area contributed by atoms with Crippen LogP contribution in [0.1, 0.15) is 36.5 Å². The van der Waals surface area contributed by atoms with E-state index >= 15 is 0 Å². The number of hydrogen-bond acceptors (Lipinski definition) is 8. The summed E-state index contributed by atoms with van der Waals surface area (Å²) >= 11 is 0. The van der Waals surface area contributed by atoms with E-state index in [1.54, 1.807) is 0 Å². The maximum absolute atomic E-state index is 12.4. The minimum absolute atomic E-state index is 0.0437. The number of urea groups is 1. The Morgan fingerprint density at radius 1 is 1.24 bits per heavy atom. The number of amides is 3. The fraction of sp³-hybridized carbons (Fsp3) is 0.524. The van der Waals surface area contributed by atoms with Crippen molar-refractivity contribution < 1.29 is 29.3 Å². The number of guanidine groups is 1. The van der Waals surface area contributed by atoms with E-state index in [-0.39, 0.29) is 17.9 Å². The van der Waals surface area contributed by atoms with Gasteiger partial charge in [0.1, 0.15) is 24.1 Å². The van der Waals surface area contributed by atoms with Gasteiger partial charge < -0.3 is 41.5 Å². The lowest BCUT2D eigenvalue weighted by Gasteiger charge is -2.17. The van der Waals surface area contributed by atoms with Crippen LogP contribution in [-0.2, 0) is 4.79 Å². The van der Waals surface area contributed by atoms with Gasteiger partial charge in [0.05, 0.1) is 12.1 Å². The molecule has 0 saturated carbocycles. The zero-order chi connectivity index (χ0) is 24.1. The smallest absolute Gasteiger partial charge is 0.328 e. The SMILES string of the molecule is CCCCNC(=O)N[C@@H](CNC(=O)c1ccc(OCCNC2=NCCCN2)cc1O)C(=O)O. The molecule has 0 saturated heterocycles. The van der Waals surface area contributed by atoms with E-state index in [0.29, 0.717) is 25.4 Å². The minimum atomic E-state index is -1.32. The van der Waals surface area contributed by atoms with Crippen molar-refractivity contribution in [2.75, 3.05) is 39.3 Å². The number of nitrogens with zero attached hydrogens (tertiary/aromatic N) is 1. The molecule has 0 aromatic heterocycles. The second-order valence-electron chi connectivity index (χ2n) is 7.32. The molecule has 0 aliphatic carbocycles. The van der Waals surface area contributed by atoms with Crippen LogP contribution in [0, 0.1) is 0 Å². The summed E-state index contributed by atoms with van der Waals surface area (Å²) in [5.74, 6) is -1.18. The Bertz CT molecular complexity index is 847. The average molecular weight is 465 g/mol. The lowest BCUT2D eigenvalue weighted by Crippen LogP contribution is -2.51. The summed E-state index contributed by atoms with van der Waals surface area (Å²) in [6.45, 7) is 4.51. The molecule has 3 amide bonds. The number of carboxylic acids is 1. The third-order valence-corrected chi connectivity index (χ3v) is 4.66.